The molecule has 1 aliphatic carbocycles. The van der Waals surface area contributed by atoms with E-state index in [9.17, 15) is 5.11 Å². The molecular formula is C16H23Cl2N3O. The van der Waals surface area contributed by atoms with Gasteiger partial charge >= 0.3 is 0 Å². The van der Waals surface area contributed by atoms with Gasteiger partial charge in [-0.1, -0.05) is 29.3 Å². The summed E-state index contributed by atoms with van der Waals surface area (Å²) in [5.74, 6) is 0.786. The molecule has 0 spiro atoms. The van der Waals surface area contributed by atoms with Crippen molar-refractivity contribution in [2.24, 2.45) is 4.99 Å². The van der Waals surface area contributed by atoms with Gasteiger partial charge in [-0.25, -0.2) is 0 Å². The van der Waals surface area contributed by atoms with Crippen molar-refractivity contribution in [3.63, 3.8) is 0 Å². The second-order valence-corrected chi connectivity index (χ2v) is 6.67. The number of hydrogen-bond donors (Lipinski definition) is 2. The number of halogens is 2. The number of hydrogen-bond acceptors (Lipinski definition) is 2. The number of rotatable bonds is 5. The van der Waals surface area contributed by atoms with Crippen molar-refractivity contribution in [3.8, 4) is 0 Å². The van der Waals surface area contributed by atoms with Crippen molar-refractivity contribution in [2.45, 2.75) is 38.3 Å². The number of aliphatic hydroxyl groups is 1. The maximum Gasteiger partial charge on any atom is 0.194 e. The molecule has 2 rings (SSSR count). The quantitative estimate of drug-likeness (QED) is 0.636. The summed E-state index contributed by atoms with van der Waals surface area (Å²) in [4.78, 5) is 6.58. The highest BCUT2D eigenvalue weighted by Gasteiger charge is 2.34. The molecule has 122 valence electrons. The van der Waals surface area contributed by atoms with Crippen LogP contribution in [0.1, 0.15) is 31.7 Å². The molecule has 0 heterocycles. The average Bonchev–Trinajstić information content (AvgIpc) is 2.45. The fourth-order valence-corrected chi connectivity index (χ4v) is 2.74. The van der Waals surface area contributed by atoms with Crippen molar-refractivity contribution in [1.82, 2.24) is 10.2 Å². The highest BCUT2D eigenvalue weighted by Crippen LogP contribution is 2.31. The van der Waals surface area contributed by atoms with Crippen LogP contribution >= 0.6 is 23.2 Å². The molecule has 0 aromatic heterocycles. The normalized spacial score (nSPS) is 17.0. The maximum atomic E-state index is 10.2. The SMILES string of the molecule is CCNC(=NCC1(O)CCC1)N(C)Cc1ccc(Cl)c(Cl)c1. The van der Waals surface area contributed by atoms with E-state index in [4.69, 9.17) is 23.2 Å². The standard InChI is InChI=1S/C16H23Cl2N3O/c1-3-19-15(20-11-16(22)7-4-8-16)21(2)10-12-5-6-13(17)14(18)9-12/h5-6,9,22H,3-4,7-8,10-11H2,1-2H3,(H,19,20). The minimum absolute atomic E-state index is 0.445. The van der Waals surface area contributed by atoms with Gasteiger partial charge in [-0.2, -0.15) is 0 Å². The van der Waals surface area contributed by atoms with Crippen LogP contribution in [0, 0.1) is 0 Å². The highest BCUT2D eigenvalue weighted by atomic mass is 35.5. The summed E-state index contributed by atoms with van der Waals surface area (Å²) >= 11 is 12.0. The minimum Gasteiger partial charge on any atom is -0.388 e. The first-order valence-corrected chi connectivity index (χ1v) is 8.35. The Kier molecular flexibility index (Phi) is 5.95. The average molecular weight is 344 g/mol. The largest absolute Gasteiger partial charge is 0.388 e. The number of aliphatic imine (C=N–C) groups is 1. The Bertz CT molecular complexity index is 544. The van der Waals surface area contributed by atoms with Crippen LogP contribution in [0.5, 0.6) is 0 Å². The lowest BCUT2D eigenvalue weighted by atomic mass is 9.80. The van der Waals surface area contributed by atoms with Gasteiger partial charge in [0, 0.05) is 20.1 Å². The molecule has 0 atom stereocenters. The molecule has 1 aliphatic rings. The van der Waals surface area contributed by atoms with E-state index >= 15 is 0 Å². The Balaban J connectivity index is 2.03. The van der Waals surface area contributed by atoms with Gasteiger partial charge in [0.05, 0.1) is 22.2 Å². The van der Waals surface area contributed by atoms with Gasteiger partial charge in [-0.05, 0) is 43.9 Å². The second-order valence-electron chi connectivity index (χ2n) is 5.85. The van der Waals surface area contributed by atoms with E-state index in [-0.39, 0.29) is 0 Å². The molecule has 0 saturated heterocycles. The molecule has 4 nitrogen and oxygen atoms in total. The molecule has 0 amide bonds. The van der Waals surface area contributed by atoms with Crippen LogP contribution in [-0.2, 0) is 6.54 Å². The molecule has 0 unspecified atom stereocenters. The molecule has 0 radical (unpaired) electrons. The van der Waals surface area contributed by atoms with Crippen LogP contribution in [0.4, 0.5) is 0 Å². The van der Waals surface area contributed by atoms with Gasteiger partial charge < -0.3 is 15.3 Å². The Morgan fingerprint density at radius 1 is 1.36 bits per heavy atom. The third-order valence-corrected chi connectivity index (χ3v) is 4.65. The van der Waals surface area contributed by atoms with Crippen LogP contribution in [0.15, 0.2) is 23.2 Å². The van der Waals surface area contributed by atoms with Crippen molar-refractivity contribution in [2.75, 3.05) is 20.1 Å². The zero-order valence-electron chi connectivity index (χ0n) is 13.1. The van der Waals surface area contributed by atoms with Crippen LogP contribution < -0.4 is 5.32 Å². The zero-order chi connectivity index (χ0) is 16.2. The molecule has 1 fully saturated rings. The predicted molar refractivity (Wildman–Crippen MR) is 92.7 cm³/mol. The van der Waals surface area contributed by atoms with Crippen molar-refractivity contribution >= 4 is 29.2 Å². The predicted octanol–water partition coefficient (Wildman–Crippen LogP) is 3.31. The molecule has 2 N–H and O–H groups in total. The summed E-state index contributed by atoms with van der Waals surface area (Å²) in [6.07, 6.45) is 2.76. The summed E-state index contributed by atoms with van der Waals surface area (Å²) in [6, 6.07) is 5.62. The fraction of sp³-hybridized carbons (Fsp3) is 0.562. The van der Waals surface area contributed by atoms with Gasteiger partial charge in [-0.15, -0.1) is 0 Å². The van der Waals surface area contributed by atoms with E-state index in [2.05, 4.69) is 10.3 Å². The summed E-state index contributed by atoms with van der Waals surface area (Å²) < 4.78 is 0. The second kappa shape index (κ2) is 7.53. The lowest BCUT2D eigenvalue weighted by molar-refractivity contribution is -0.0237. The van der Waals surface area contributed by atoms with Gasteiger partial charge in [0.25, 0.3) is 0 Å². The maximum absolute atomic E-state index is 10.2. The molecule has 1 aromatic rings. The fourth-order valence-electron chi connectivity index (χ4n) is 2.42. The topological polar surface area (TPSA) is 47.9 Å². The first kappa shape index (κ1) is 17.4. The van der Waals surface area contributed by atoms with E-state index < -0.39 is 5.60 Å². The van der Waals surface area contributed by atoms with E-state index in [1.807, 2.05) is 31.0 Å². The van der Waals surface area contributed by atoms with Crippen LogP contribution in [0.25, 0.3) is 0 Å². The zero-order valence-corrected chi connectivity index (χ0v) is 14.6. The minimum atomic E-state index is -0.606. The summed E-state index contributed by atoms with van der Waals surface area (Å²) in [6.45, 7) is 3.92. The first-order chi connectivity index (χ1) is 10.4. The van der Waals surface area contributed by atoms with E-state index in [0.717, 1.165) is 37.3 Å². The van der Waals surface area contributed by atoms with E-state index in [1.165, 1.54) is 0 Å². The Hall–Kier alpha value is -0.970. The molecule has 6 heteroatoms. The lowest BCUT2D eigenvalue weighted by Gasteiger charge is -2.35. The molecule has 22 heavy (non-hydrogen) atoms. The summed E-state index contributed by atoms with van der Waals surface area (Å²) in [7, 11) is 1.97. The van der Waals surface area contributed by atoms with E-state index in [1.54, 1.807) is 6.07 Å². The number of nitrogens with zero attached hydrogens (tertiary/aromatic N) is 2. The third kappa shape index (κ3) is 4.51. The van der Waals surface area contributed by atoms with Crippen LogP contribution in [0.3, 0.4) is 0 Å². The lowest BCUT2D eigenvalue weighted by Crippen LogP contribution is -2.43. The monoisotopic (exact) mass is 343 g/mol. The Morgan fingerprint density at radius 3 is 2.64 bits per heavy atom. The molecule has 1 saturated carbocycles. The van der Waals surface area contributed by atoms with Gasteiger partial charge in [0.15, 0.2) is 5.96 Å². The molecule has 1 aromatic carbocycles. The van der Waals surface area contributed by atoms with Gasteiger partial charge in [0.2, 0.25) is 0 Å². The first-order valence-electron chi connectivity index (χ1n) is 7.59. The van der Waals surface area contributed by atoms with Gasteiger partial charge in [-0.3, -0.25) is 4.99 Å². The van der Waals surface area contributed by atoms with E-state index in [0.29, 0.717) is 23.1 Å². The third-order valence-electron chi connectivity index (χ3n) is 3.91. The summed E-state index contributed by atoms with van der Waals surface area (Å²) in [5, 5.41) is 14.5. The molecule has 0 bridgehead atoms. The Morgan fingerprint density at radius 2 is 2.09 bits per heavy atom. The smallest absolute Gasteiger partial charge is 0.194 e. The highest BCUT2D eigenvalue weighted by molar-refractivity contribution is 6.42. The number of nitrogens with one attached hydrogen (secondary N) is 1. The van der Waals surface area contributed by atoms with Crippen molar-refractivity contribution in [1.29, 1.82) is 0 Å². The molecule has 0 aliphatic heterocycles. The Labute approximate surface area is 142 Å². The molecular weight excluding hydrogens is 321 g/mol. The van der Waals surface area contributed by atoms with Gasteiger partial charge in [0.1, 0.15) is 0 Å². The van der Waals surface area contributed by atoms with Crippen molar-refractivity contribution in [3.05, 3.63) is 33.8 Å². The summed E-state index contributed by atoms with van der Waals surface area (Å²) in [5.41, 5.74) is 0.454. The van der Waals surface area contributed by atoms with Crippen LogP contribution in [-0.4, -0.2) is 41.7 Å². The van der Waals surface area contributed by atoms with Crippen molar-refractivity contribution < 1.29 is 5.11 Å². The number of benzene rings is 1. The number of guanidine groups is 1. The van der Waals surface area contributed by atoms with Crippen LogP contribution in [0.2, 0.25) is 10.0 Å².